The maximum Gasteiger partial charge on any atom is 0.0410 e. The van der Waals surface area contributed by atoms with Crippen molar-refractivity contribution >= 4 is 21.6 Å². The van der Waals surface area contributed by atoms with E-state index in [4.69, 9.17) is 5.73 Å². The topological polar surface area (TPSA) is 29.3 Å². The van der Waals surface area contributed by atoms with Crippen molar-refractivity contribution in [3.63, 3.8) is 0 Å². The van der Waals surface area contributed by atoms with E-state index < -0.39 is 0 Å². The average molecular weight is 355 g/mol. The van der Waals surface area contributed by atoms with Crippen LogP contribution >= 0.6 is 15.9 Å². The fraction of sp³-hybridized carbons (Fsp3) is 0.667. The van der Waals surface area contributed by atoms with E-state index in [-0.39, 0.29) is 6.04 Å². The number of hydrogen-bond donors (Lipinski definition) is 1. The molecule has 0 aliphatic carbocycles. The van der Waals surface area contributed by atoms with Crippen LogP contribution in [0.4, 0.5) is 5.69 Å². The Kier molecular flexibility index (Phi) is 8.35. The van der Waals surface area contributed by atoms with Gasteiger partial charge in [-0.05, 0) is 43.4 Å². The minimum absolute atomic E-state index is 0.247. The summed E-state index contributed by atoms with van der Waals surface area (Å²) in [4.78, 5) is 2.51. The SMILES string of the molecule is CCC(N)Cc1ccc(Br)cc1N(CC)CC(CC)CC. The van der Waals surface area contributed by atoms with Gasteiger partial charge in [-0.1, -0.05) is 55.6 Å². The largest absolute Gasteiger partial charge is 0.371 e. The highest BCUT2D eigenvalue weighted by atomic mass is 79.9. The molecule has 0 heterocycles. The minimum Gasteiger partial charge on any atom is -0.371 e. The van der Waals surface area contributed by atoms with Gasteiger partial charge in [0, 0.05) is 29.3 Å². The lowest BCUT2D eigenvalue weighted by Gasteiger charge is -2.30. The summed E-state index contributed by atoms with van der Waals surface area (Å²) in [5, 5.41) is 0. The second-order valence-corrected chi connectivity index (χ2v) is 6.78. The van der Waals surface area contributed by atoms with E-state index in [1.807, 2.05) is 0 Å². The summed E-state index contributed by atoms with van der Waals surface area (Å²) in [5.74, 6) is 0.761. The van der Waals surface area contributed by atoms with E-state index in [2.05, 4.69) is 66.7 Å². The van der Waals surface area contributed by atoms with Crippen molar-refractivity contribution in [1.82, 2.24) is 0 Å². The molecule has 0 saturated heterocycles. The Bertz CT molecular complexity index is 416. The van der Waals surface area contributed by atoms with Gasteiger partial charge < -0.3 is 10.6 Å². The molecule has 120 valence electrons. The average Bonchev–Trinajstić information content (AvgIpc) is 2.50. The lowest BCUT2D eigenvalue weighted by atomic mass is 9.99. The Labute approximate surface area is 139 Å². The number of rotatable bonds is 9. The van der Waals surface area contributed by atoms with Crippen molar-refractivity contribution in [1.29, 1.82) is 0 Å². The highest BCUT2D eigenvalue weighted by molar-refractivity contribution is 9.10. The molecule has 1 aromatic carbocycles. The third-order valence-electron chi connectivity index (χ3n) is 4.41. The first kappa shape index (κ1) is 18.5. The molecule has 0 amide bonds. The molecule has 0 fully saturated rings. The zero-order valence-corrected chi connectivity index (χ0v) is 15.6. The van der Waals surface area contributed by atoms with Crippen LogP contribution in [0.3, 0.4) is 0 Å². The maximum atomic E-state index is 6.18. The van der Waals surface area contributed by atoms with Gasteiger partial charge in [0.05, 0.1) is 0 Å². The molecular formula is C18H31BrN2. The Hall–Kier alpha value is -0.540. The number of nitrogens with zero attached hydrogens (tertiary/aromatic N) is 1. The van der Waals surface area contributed by atoms with E-state index >= 15 is 0 Å². The van der Waals surface area contributed by atoms with Crippen molar-refractivity contribution in [3.8, 4) is 0 Å². The van der Waals surface area contributed by atoms with Gasteiger partial charge in [0.25, 0.3) is 0 Å². The van der Waals surface area contributed by atoms with E-state index in [0.717, 1.165) is 36.3 Å². The normalized spacial score (nSPS) is 12.7. The zero-order chi connectivity index (χ0) is 15.8. The molecule has 1 unspecified atom stereocenters. The highest BCUT2D eigenvalue weighted by Crippen LogP contribution is 2.28. The molecule has 1 aromatic rings. The van der Waals surface area contributed by atoms with Gasteiger partial charge in [-0.2, -0.15) is 0 Å². The highest BCUT2D eigenvalue weighted by Gasteiger charge is 2.15. The van der Waals surface area contributed by atoms with Crippen molar-refractivity contribution in [3.05, 3.63) is 28.2 Å². The molecule has 0 spiro atoms. The number of halogens is 1. The van der Waals surface area contributed by atoms with E-state index in [1.165, 1.54) is 24.1 Å². The lowest BCUT2D eigenvalue weighted by Crippen LogP contribution is -2.31. The van der Waals surface area contributed by atoms with Crippen LogP contribution in [-0.2, 0) is 6.42 Å². The van der Waals surface area contributed by atoms with Crippen molar-refractivity contribution in [2.24, 2.45) is 11.7 Å². The van der Waals surface area contributed by atoms with Gasteiger partial charge >= 0.3 is 0 Å². The third-order valence-corrected chi connectivity index (χ3v) is 4.90. The Balaban J connectivity index is 3.02. The van der Waals surface area contributed by atoms with Crippen molar-refractivity contribution in [2.45, 2.75) is 59.4 Å². The van der Waals surface area contributed by atoms with Crippen LogP contribution < -0.4 is 10.6 Å². The molecule has 3 heteroatoms. The van der Waals surface area contributed by atoms with Crippen LogP contribution in [0.1, 0.15) is 52.5 Å². The van der Waals surface area contributed by atoms with Gasteiger partial charge in [-0.15, -0.1) is 0 Å². The summed E-state index contributed by atoms with van der Waals surface area (Å²) in [7, 11) is 0. The van der Waals surface area contributed by atoms with Gasteiger partial charge in [0.15, 0.2) is 0 Å². The Morgan fingerprint density at radius 3 is 2.29 bits per heavy atom. The summed E-state index contributed by atoms with van der Waals surface area (Å²) < 4.78 is 1.15. The molecule has 0 aliphatic rings. The number of nitrogens with two attached hydrogens (primary N) is 1. The summed E-state index contributed by atoms with van der Waals surface area (Å²) in [6.45, 7) is 11.2. The monoisotopic (exact) mass is 354 g/mol. The third kappa shape index (κ3) is 5.63. The lowest BCUT2D eigenvalue weighted by molar-refractivity contribution is 0.485. The first-order chi connectivity index (χ1) is 10.0. The Morgan fingerprint density at radius 1 is 1.10 bits per heavy atom. The van der Waals surface area contributed by atoms with Crippen LogP contribution in [0, 0.1) is 5.92 Å². The quantitative estimate of drug-likeness (QED) is 0.676. The summed E-state index contributed by atoms with van der Waals surface area (Å²) in [5.41, 5.74) is 8.90. The minimum atomic E-state index is 0.247. The predicted octanol–water partition coefficient (Wildman–Crippen LogP) is 4.99. The van der Waals surface area contributed by atoms with Crippen LogP contribution in [-0.4, -0.2) is 19.1 Å². The molecule has 0 aromatic heterocycles. The summed E-state index contributed by atoms with van der Waals surface area (Å²) >= 11 is 3.62. The summed E-state index contributed by atoms with van der Waals surface area (Å²) in [6, 6.07) is 6.86. The van der Waals surface area contributed by atoms with E-state index in [0.29, 0.717) is 0 Å². The fourth-order valence-corrected chi connectivity index (χ4v) is 3.04. The first-order valence-electron chi connectivity index (χ1n) is 8.34. The summed E-state index contributed by atoms with van der Waals surface area (Å²) in [6.07, 6.45) is 4.46. The van der Waals surface area contributed by atoms with Crippen LogP contribution in [0.25, 0.3) is 0 Å². The predicted molar refractivity (Wildman–Crippen MR) is 98.1 cm³/mol. The van der Waals surface area contributed by atoms with Crippen LogP contribution in [0.2, 0.25) is 0 Å². The molecule has 0 saturated carbocycles. The van der Waals surface area contributed by atoms with Crippen molar-refractivity contribution in [2.75, 3.05) is 18.0 Å². The van der Waals surface area contributed by atoms with Crippen LogP contribution in [0.15, 0.2) is 22.7 Å². The van der Waals surface area contributed by atoms with E-state index in [1.54, 1.807) is 0 Å². The Morgan fingerprint density at radius 2 is 1.76 bits per heavy atom. The number of hydrogen-bond acceptors (Lipinski definition) is 2. The standard InChI is InChI=1S/C18H31BrN2/c1-5-14(6-2)13-21(8-4)18-12-16(19)10-9-15(18)11-17(20)7-3/h9-10,12,14,17H,5-8,11,13,20H2,1-4H3. The molecular weight excluding hydrogens is 324 g/mol. The fourth-order valence-electron chi connectivity index (χ4n) is 2.69. The number of benzene rings is 1. The molecule has 0 radical (unpaired) electrons. The van der Waals surface area contributed by atoms with Gasteiger partial charge in [-0.25, -0.2) is 0 Å². The molecule has 2 nitrogen and oxygen atoms in total. The van der Waals surface area contributed by atoms with Crippen molar-refractivity contribution < 1.29 is 0 Å². The second-order valence-electron chi connectivity index (χ2n) is 5.87. The molecule has 1 rings (SSSR count). The smallest absolute Gasteiger partial charge is 0.0410 e. The second kappa shape index (κ2) is 9.47. The molecule has 2 N–H and O–H groups in total. The molecule has 0 aliphatic heterocycles. The maximum absolute atomic E-state index is 6.18. The molecule has 21 heavy (non-hydrogen) atoms. The van der Waals surface area contributed by atoms with Crippen LogP contribution in [0.5, 0.6) is 0 Å². The first-order valence-corrected chi connectivity index (χ1v) is 9.13. The van der Waals surface area contributed by atoms with Gasteiger partial charge in [-0.3, -0.25) is 0 Å². The number of anilines is 1. The van der Waals surface area contributed by atoms with E-state index in [9.17, 15) is 0 Å². The molecule has 0 bridgehead atoms. The molecule has 1 atom stereocenters. The zero-order valence-electron chi connectivity index (χ0n) is 14.0. The van der Waals surface area contributed by atoms with Gasteiger partial charge in [0.1, 0.15) is 0 Å². The van der Waals surface area contributed by atoms with Gasteiger partial charge in [0.2, 0.25) is 0 Å².